The molecule has 1 fully saturated rings. The molecule has 6 nitrogen and oxygen atoms in total. The Balaban J connectivity index is 1.74. The summed E-state index contributed by atoms with van der Waals surface area (Å²) in [6.45, 7) is 5.94. The first-order valence-corrected chi connectivity index (χ1v) is 11.8. The number of rotatable bonds is 9. The number of nitrogens with one attached hydrogen (secondary N) is 1. The van der Waals surface area contributed by atoms with Crippen LogP contribution in [-0.2, 0) is 16.1 Å². The van der Waals surface area contributed by atoms with E-state index >= 15 is 0 Å². The van der Waals surface area contributed by atoms with Crippen LogP contribution in [0.1, 0.15) is 55.7 Å². The molecule has 1 unspecified atom stereocenters. The lowest BCUT2D eigenvalue weighted by molar-refractivity contribution is -0.142. The van der Waals surface area contributed by atoms with Crippen LogP contribution < -0.4 is 14.8 Å². The average molecular weight is 453 g/mol. The Kier molecular flexibility index (Phi) is 8.75. The second kappa shape index (κ2) is 11.7. The highest BCUT2D eigenvalue weighted by Crippen LogP contribution is 2.20. The number of hydrogen-bond acceptors (Lipinski definition) is 4. The summed E-state index contributed by atoms with van der Waals surface area (Å²) in [5.41, 5.74) is 3.04. The van der Waals surface area contributed by atoms with Crippen LogP contribution in [0.5, 0.6) is 11.5 Å². The maximum Gasteiger partial charge on any atom is 0.261 e. The Labute approximate surface area is 197 Å². The van der Waals surface area contributed by atoms with Crippen molar-refractivity contribution in [1.29, 1.82) is 0 Å². The van der Waals surface area contributed by atoms with Crippen LogP contribution in [0, 0.1) is 13.8 Å². The molecule has 1 aliphatic carbocycles. The first-order valence-electron chi connectivity index (χ1n) is 11.8. The number of carbonyl (C=O) groups excluding carboxylic acids is 2. The van der Waals surface area contributed by atoms with Gasteiger partial charge in [0.25, 0.3) is 5.91 Å². The smallest absolute Gasteiger partial charge is 0.261 e. The molecule has 1 saturated carbocycles. The highest BCUT2D eigenvalue weighted by molar-refractivity contribution is 5.88. The molecule has 3 rings (SSSR count). The standard InChI is InChI=1S/C27H36N2O4/c1-19-13-20(2)15-25(14-19)33-18-26(30)29(17-22-9-8-12-24(16-22)32-4)21(3)27(31)28-23-10-6-5-7-11-23/h8-9,12-16,21,23H,5-7,10-11,17-18H2,1-4H3,(H,28,31). The van der Waals surface area contributed by atoms with E-state index in [4.69, 9.17) is 9.47 Å². The Morgan fingerprint density at radius 2 is 1.73 bits per heavy atom. The predicted octanol–water partition coefficient (Wildman–Crippen LogP) is 4.56. The van der Waals surface area contributed by atoms with E-state index in [0.717, 1.165) is 42.4 Å². The number of carbonyl (C=O) groups is 2. The van der Waals surface area contributed by atoms with E-state index in [1.807, 2.05) is 50.2 Å². The van der Waals surface area contributed by atoms with Gasteiger partial charge in [-0.25, -0.2) is 0 Å². The molecule has 0 aliphatic heterocycles. The molecule has 178 valence electrons. The quantitative estimate of drug-likeness (QED) is 0.606. The molecule has 33 heavy (non-hydrogen) atoms. The molecule has 6 heteroatoms. The SMILES string of the molecule is COc1cccc(CN(C(=O)COc2cc(C)cc(C)c2)C(C)C(=O)NC2CCCCC2)c1. The predicted molar refractivity (Wildman–Crippen MR) is 129 cm³/mol. The van der Waals surface area contributed by atoms with Crippen molar-refractivity contribution in [2.75, 3.05) is 13.7 Å². The molecule has 2 aromatic rings. The zero-order valence-corrected chi connectivity index (χ0v) is 20.2. The summed E-state index contributed by atoms with van der Waals surface area (Å²) in [5.74, 6) is 1.01. The second-order valence-corrected chi connectivity index (χ2v) is 9.00. The minimum atomic E-state index is -0.617. The van der Waals surface area contributed by atoms with Crippen LogP contribution in [0.4, 0.5) is 0 Å². The molecule has 1 aliphatic rings. The average Bonchev–Trinajstić information content (AvgIpc) is 2.80. The van der Waals surface area contributed by atoms with Gasteiger partial charge in [-0.2, -0.15) is 0 Å². The Morgan fingerprint density at radius 1 is 1.03 bits per heavy atom. The minimum absolute atomic E-state index is 0.121. The molecule has 0 saturated heterocycles. The molecule has 0 spiro atoms. The van der Waals surface area contributed by atoms with Crippen molar-refractivity contribution in [3.05, 3.63) is 59.2 Å². The minimum Gasteiger partial charge on any atom is -0.497 e. The third kappa shape index (κ3) is 7.24. The summed E-state index contributed by atoms with van der Waals surface area (Å²) in [6, 6.07) is 13.0. The molecule has 2 amide bonds. The molecule has 1 N–H and O–H groups in total. The fraction of sp³-hybridized carbons (Fsp3) is 0.481. The van der Waals surface area contributed by atoms with Gasteiger partial charge in [0, 0.05) is 12.6 Å². The Hall–Kier alpha value is -3.02. The van der Waals surface area contributed by atoms with Gasteiger partial charge in [-0.3, -0.25) is 9.59 Å². The van der Waals surface area contributed by atoms with E-state index in [1.54, 1.807) is 18.9 Å². The number of hydrogen-bond donors (Lipinski definition) is 1. The van der Waals surface area contributed by atoms with Crippen LogP contribution in [-0.4, -0.2) is 42.5 Å². The first-order chi connectivity index (χ1) is 15.9. The second-order valence-electron chi connectivity index (χ2n) is 9.00. The zero-order chi connectivity index (χ0) is 23.8. The van der Waals surface area contributed by atoms with Crippen LogP contribution in [0.25, 0.3) is 0 Å². The number of ether oxygens (including phenoxy) is 2. The van der Waals surface area contributed by atoms with Gasteiger partial charge in [0.15, 0.2) is 6.61 Å². The lowest BCUT2D eigenvalue weighted by atomic mass is 9.95. The van der Waals surface area contributed by atoms with E-state index in [9.17, 15) is 9.59 Å². The molecule has 0 bridgehead atoms. The lowest BCUT2D eigenvalue weighted by Gasteiger charge is -2.31. The van der Waals surface area contributed by atoms with E-state index in [0.29, 0.717) is 18.0 Å². The molecule has 1 atom stereocenters. The van der Waals surface area contributed by atoms with Crippen molar-refractivity contribution in [3.63, 3.8) is 0 Å². The Morgan fingerprint density at radius 3 is 2.39 bits per heavy atom. The van der Waals surface area contributed by atoms with Gasteiger partial charge in [0.1, 0.15) is 17.5 Å². The van der Waals surface area contributed by atoms with Gasteiger partial charge in [-0.1, -0.05) is 37.5 Å². The van der Waals surface area contributed by atoms with Gasteiger partial charge in [0.2, 0.25) is 5.91 Å². The summed E-state index contributed by atoms with van der Waals surface area (Å²) >= 11 is 0. The number of benzene rings is 2. The van der Waals surface area contributed by atoms with Gasteiger partial charge < -0.3 is 19.7 Å². The largest absolute Gasteiger partial charge is 0.497 e. The zero-order valence-electron chi connectivity index (χ0n) is 20.2. The maximum atomic E-state index is 13.3. The van der Waals surface area contributed by atoms with E-state index in [-0.39, 0.29) is 24.5 Å². The van der Waals surface area contributed by atoms with Crippen molar-refractivity contribution >= 4 is 11.8 Å². The number of nitrogens with zero attached hydrogens (tertiary/aromatic N) is 1. The summed E-state index contributed by atoms with van der Waals surface area (Å²) in [7, 11) is 1.61. The normalized spacial score (nSPS) is 14.9. The third-order valence-corrected chi connectivity index (χ3v) is 6.16. The lowest BCUT2D eigenvalue weighted by Crippen LogP contribution is -2.51. The van der Waals surface area contributed by atoms with Gasteiger partial charge in [-0.15, -0.1) is 0 Å². The molecule has 0 aromatic heterocycles. The van der Waals surface area contributed by atoms with Gasteiger partial charge >= 0.3 is 0 Å². The number of aryl methyl sites for hydroxylation is 2. The van der Waals surface area contributed by atoms with Crippen LogP contribution in [0.2, 0.25) is 0 Å². The van der Waals surface area contributed by atoms with E-state index in [2.05, 4.69) is 11.4 Å². The fourth-order valence-electron chi connectivity index (χ4n) is 4.36. The summed E-state index contributed by atoms with van der Waals surface area (Å²) in [4.78, 5) is 27.9. The van der Waals surface area contributed by atoms with Crippen molar-refractivity contribution in [2.24, 2.45) is 0 Å². The van der Waals surface area contributed by atoms with Gasteiger partial charge in [0.05, 0.1) is 7.11 Å². The molecule has 0 radical (unpaired) electrons. The van der Waals surface area contributed by atoms with Crippen molar-refractivity contribution < 1.29 is 19.1 Å². The highest BCUT2D eigenvalue weighted by Gasteiger charge is 2.28. The van der Waals surface area contributed by atoms with Crippen LogP contribution >= 0.6 is 0 Å². The summed E-state index contributed by atoms with van der Waals surface area (Å²) in [6.07, 6.45) is 5.49. The first kappa shape index (κ1) is 24.6. The number of amides is 2. The van der Waals surface area contributed by atoms with E-state index in [1.165, 1.54) is 6.42 Å². The Bertz CT molecular complexity index is 933. The highest BCUT2D eigenvalue weighted by atomic mass is 16.5. The van der Waals surface area contributed by atoms with Crippen molar-refractivity contribution in [3.8, 4) is 11.5 Å². The molecular weight excluding hydrogens is 416 g/mol. The maximum absolute atomic E-state index is 13.3. The van der Waals surface area contributed by atoms with Gasteiger partial charge in [-0.05, 0) is 74.6 Å². The van der Waals surface area contributed by atoms with E-state index < -0.39 is 6.04 Å². The summed E-state index contributed by atoms with van der Waals surface area (Å²) in [5, 5.41) is 3.15. The fourth-order valence-corrected chi connectivity index (χ4v) is 4.36. The topological polar surface area (TPSA) is 67.9 Å². The molecule has 2 aromatic carbocycles. The molecule has 0 heterocycles. The monoisotopic (exact) mass is 452 g/mol. The van der Waals surface area contributed by atoms with Crippen LogP contribution in [0.15, 0.2) is 42.5 Å². The van der Waals surface area contributed by atoms with Crippen molar-refractivity contribution in [1.82, 2.24) is 10.2 Å². The van der Waals surface area contributed by atoms with Crippen LogP contribution in [0.3, 0.4) is 0 Å². The number of methoxy groups -OCH3 is 1. The molecular formula is C27H36N2O4. The van der Waals surface area contributed by atoms with Crippen molar-refractivity contribution in [2.45, 2.75) is 71.5 Å². The third-order valence-electron chi connectivity index (χ3n) is 6.16. The summed E-state index contributed by atoms with van der Waals surface area (Å²) < 4.78 is 11.2.